The number of rotatable bonds is 22. The molecule has 0 spiro atoms. The predicted octanol–water partition coefficient (Wildman–Crippen LogP) is 20.3. The molecular formula is C107H108BBrCl4N12O10P2Pd. The molecule has 9 aromatic carbocycles. The molecular weight excluding hydrogens is 2010 g/mol. The van der Waals surface area contributed by atoms with Gasteiger partial charge in [0.1, 0.15) is 16.6 Å². The van der Waals surface area contributed by atoms with Crippen molar-refractivity contribution in [2.24, 2.45) is 0 Å². The fraction of sp³-hybridized carbons (Fsp3) is 0.215. The molecule has 714 valence electrons. The summed E-state index contributed by atoms with van der Waals surface area (Å²) in [4.78, 5) is 44.8. The van der Waals surface area contributed by atoms with Crippen LogP contribution in [0.1, 0.15) is 66.2 Å². The van der Waals surface area contributed by atoms with Gasteiger partial charge in [-0.25, -0.2) is 0 Å². The number of H-pyrrole nitrogens is 3. The average molecular weight is 2120 g/mol. The third-order valence-electron chi connectivity index (χ3n) is 23.2. The van der Waals surface area contributed by atoms with Crippen LogP contribution < -0.4 is 54.0 Å². The maximum Gasteiger partial charge on any atom is -0.0134 e. The summed E-state index contributed by atoms with van der Waals surface area (Å²) in [6.45, 7) is 12.9. The van der Waals surface area contributed by atoms with Crippen molar-refractivity contribution in [3.05, 3.63) is 401 Å². The van der Waals surface area contributed by atoms with Crippen molar-refractivity contribution in [2.75, 3.05) is 38.4 Å². The molecule has 3 fully saturated rings. The van der Waals surface area contributed by atoms with Gasteiger partial charge in [-0.15, -0.1) is 23.2 Å². The predicted molar refractivity (Wildman–Crippen MR) is 563 cm³/mol. The van der Waals surface area contributed by atoms with E-state index in [1.54, 1.807) is 35.3 Å². The molecule has 0 saturated carbocycles. The maximum absolute atomic E-state index is 12.2. The number of hydrogen-bond donors (Lipinski definition) is 4. The Bertz CT molecular complexity index is 6580. The standard InChI is InChI=1S/C23H24N4O3.C18H16N4O2.2C18H15P.C16H27BN2O4.C13H9BrN2O.CH2Cl2.2ClH.Pd/c28-23-21-4-3-10-26(21)16-20(25-23)18-8-6-17(7-9-18)19-14-24-27(15-19)11-13-30-22-5-1-2-12-29-22;23-9-8-22-11-15(10-19-22)13-3-5-14(6-4-13)16-12-21-7-1-2-17(21)18(24)20-16;2*1-4-10-16(11-5-1)19(17-12-6-2-7-13-17)18-14-8-3-9-15-18;1-15(2)16(3,4)23-17(22-15)13-11-18-19(12-13)8-10-21-14-7-5-6-9-20-14;14-10-5-3-9(4-6-10)11-8-16-7-1-2-12(16)13(17)15-11;2-1-3;;;/h3-4,6-10,14-16,22H,1-2,5,11-13H2,(H,25,28);1-7,10-12,23H,8-9H2,(H,20,24);2*1-15H;11-12,14H,5-10H2,1-4H3;1-8H,(H,15,17);1H2;2*1H;/q;;;;;;;;;+2/p-2. The number of benzene rings is 9. The van der Waals surface area contributed by atoms with Gasteiger partial charge in [0.05, 0.1) is 85.5 Å². The van der Waals surface area contributed by atoms with E-state index in [4.69, 9.17) is 75.6 Å². The van der Waals surface area contributed by atoms with E-state index in [1.165, 1.54) is 44.7 Å². The van der Waals surface area contributed by atoms with E-state index in [9.17, 15) is 14.4 Å². The van der Waals surface area contributed by atoms with Gasteiger partial charge in [-0.1, -0.05) is 259 Å². The first-order valence-electron chi connectivity index (χ1n) is 45.3. The van der Waals surface area contributed by atoms with Gasteiger partial charge in [0.15, 0.2) is 12.6 Å². The quantitative estimate of drug-likeness (QED) is 0.0281. The molecule has 0 radical (unpaired) electrons. The molecule has 2 atom stereocenters. The Hall–Kier alpha value is -11.0. The molecule has 2 unspecified atom stereocenters. The van der Waals surface area contributed by atoms with Gasteiger partial charge in [0.2, 0.25) is 0 Å². The van der Waals surface area contributed by atoms with Gasteiger partial charge >= 0.3 is 42.1 Å². The first kappa shape index (κ1) is 103. The summed E-state index contributed by atoms with van der Waals surface area (Å²) in [5, 5.41) is 30.6. The van der Waals surface area contributed by atoms with Gasteiger partial charge in [-0.3, -0.25) is 28.4 Å². The Kier molecular flexibility index (Phi) is 39.0. The van der Waals surface area contributed by atoms with Crippen molar-refractivity contribution in [3.63, 3.8) is 0 Å². The molecule has 9 aromatic heterocycles. The zero-order valence-corrected chi connectivity index (χ0v) is 84.7. The van der Waals surface area contributed by atoms with Crippen molar-refractivity contribution in [3.8, 4) is 56.0 Å². The van der Waals surface area contributed by atoms with Gasteiger partial charge in [-0.05, 0) is 190 Å². The molecule has 4 N–H and O–H groups in total. The summed E-state index contributed by atoms with van der Waals surface area (Å²) in [7, 11) is 8.37. The number of nitrogens with zero attached hydrogens (tertiary/aromatic N) is 9. The second-order valence-electron chi connectivity index (χ2n) is 33.1. The third kappa shape index (κ3) is 28.9. The van der Waals surface area contributed by atoms with E-state index in [1.807, 2.05) is 176 Å². The van der Waals surface area contributed by atoms with Gasteiger partial charge in [0.25, 0.3) is 16.7 Å². The van der Waals surface area contributed by atoms with Crippen molar-refractivity contribution in [1.29, 1.82) is 0 Å². The van der Waals surface area contributed by atoms with E-state index in [0.29, 0.717) is 49.4 Å². The molecule has 18 aromatic rings. The fourth-order valence-electron chi connectivity index (χ4n) is 15.5. The number of nitrogens with one attached hydrogen (secondary N) is 3. The summed E-state index contributed by atoms with van der Waals surface area (Å²) in [5.41, 5.74) is 11.3. The zero-order valence-electron chi connectivity index (χ0n) is 76.7. The Morgan fingerprint density at radius 1 is 0.406 bits per heavy atom. The van der Waals surface area contributed by atoms with Crippen LogP contribution in [0.2, 0.25) is 0 Å². The molecule has 22 nitrogen and oxygen atoms in total. The molecule has 12 heterocycles. The Morgan fingerprint density at radius 3 is 1.01 bits per heavy atom. The Balaban J connectivity index is 0.000000132. The normalized spacial score (nSPS) is 14.6. The smallest absolute Gasteiger partial charge is 0.0134 e. The zero-order chi connectivity index (χ0) is 96.4. The second kappa shape index (κ2) is 52.3. The van der Waals surface area contributed by atoms with Crippen LogP contribution in [0.15, 0.2) is 384 Å². The van der Waals surface area contributed by atoms with Crippen molar-refractivity contribution < 1.29 is 49.3 Å². The first-order valence-corrected chi connectivity index (χ1v) is 53.8. The summed E-state index contributed by atoms with van der Waals surface area (Å²) in [6.07, 6.45) is 29.1. The van der Waals surface area contributed by atoms with Crippen LogP contribution in [-0.2, 0) is 63.8 Å². The van der Waals surface area contributed by atoms with Crippen LogP contribution in [0, 0.1) is 0 Å². The topological polar surface area (TPSA) is 241 Å². The minimum atomic E-state index is -0.446. The third-order valence-corrected chi connectivity index (χ3v) is 28.6. The maximum atomic E-state index is 12.2. The van der Waals surface area contributed by atoms with Crippen LogP contribution in [0.4, 0.5) is 0 Å². The largest absolute Gasteiger partial charge is 0.0622 e. The van der Waals surface area contributed by atoms with Crippen LogP contribution in [-0.4, -0.2) is 132 Å². The molecule has 3 aliphatic heterocycles. The molecule has 3 saturated heterocycles. The summed E-state index contributed by atoms with van der Waals surface area (Å²) in [6, 6.07) is 99.5. The SMILES string of the molecule is CC1(C)OB(c2cnn(CCOC3CCCCO3)c2)OC1(C)C.ClCCl.O=c1[nH]c(-c2ccc(-c3cnn(CCO)c3)cc2)cn2cccc12.O=c1[nH]c(-c2ccc(-c3cnn(CCOC4CCCCO4)c3)cc2)cn2cccc12.O=c1[nH]c(-c2ccc(Br)cc2)cn2cccc12.[Cl][Pd][Cl].c1ccc(P(c2ccccc2)c2ccccc2)cc1.c1ccc(P(c2ccccc2)c2ccccc2)cc1. The molecule has 0 aliphatic carbocycles. The van der Waals surface area contributed by atoms with Crippen molar-refractivity contribution >= 4 is 135 Å². The number of hydrogen-bond acceptors (Lipinski definition) is 13. The number of aliphatic hydroxyl groups is 1. The molecule has 0 bridgehead atoms. The van der Waals surface area contributed by atoms with E-state index >= 15 is 0 Å². The molecule has 0 amide bonds. The number of alkyl halides is 2. The number of ether oxygens (including phenoxy) is 4. The number of fused-ring (bicyclic) bond motifs is 3. The monoisotopic (exact) mass is 2120 g/mol. The number of aromatic nitrogens is 12. The average Bonchev–Trinajstić information content (AvgIpc) is 1.63. The van der Waals surface area contributed by atoms with Crippen molar-refractivity contribution in [1.82, 2.24) is 57.5 Å². The van der Waals surface area contributed by atoms with E-state index in [-0.39, 0.29) is 75.5 Å². The van der Waals surface area contributed by atoms with Gasteiger partial charge in [0, 0.05) is 96.2 Å². The van der Waals surface area contributed by atoms with Crippen molar-refractivity contribution in [2.45, 2.75) is 110 Å². The van der Waals surface area contributed by atoms with Crippen LogP contribution in [0.25, 0.3) is 72.6 Å². The summed E-state index contributed by atoms with van der Waals surface area (Å²) in [5.74, 6) is 0. The summed E-state index contributed by atoms with van der Waals surface area (Å²) < 4.78 is 46.7. The van der Waals surface area contributed by atoms with Crippen LogP contribution in [0.5, 0.6) is 0 Å². The minimum absolute atomic E-state index is 0.0538. The fourth-order valence-corrected chi connectivity index (χ4v) is 20.4. The summed E-state index contributed by atoms with van der Waals surface area (Å²) >= 11 is 12.8. The Labute approximate surface area is 840 Å². The second-order valence-corrected chi connectivity index (χ2v) is 41.6. The molecule has 3 aliphatic rings. The van der Waals surface area contributed by atoms with E-state index in [0.717, 1.165) is 105 Å². The van der Waals surface area contributed by atoms with Gasteiger partial charge < -0.3 is 61.5 Å². The molecule has 31 heteroatoms. The minimum Gasteiger partial charge on any atom is -0.0622 e. The number of aliphatic hydroxyl groups excluding tert-OH is 1. The molecule has 21 rings (SSSR count). The van der Waals surface area contributed by atoms with Crippen LogP contribution in [0.3, 0.4) is 0 Å². The Morgan fingerprint density at radius 2 is 0.703 bits per heavy atom. The first-order chi connectivity index (χ1) is 67.3. The van der Waals surface area contributed by atoms with Gasteiger partial charge in [-0.2, -0.15) is 15.3 Å². The van der Waals surface area contributed by atoms with E-state index in [2.05, 4.69) is 256 Å². The number of halogens is 5. The molecule has 138 heavy (non-hydrogen) atoms. The number of aromatic amines is 3. The van der Waals surface area contributed by atoms with Crippen LogP contribution >= 0.6 is 74.0 Å². The van der Waals surface area contributed by atoms with E-state index < -0.39 is 15.8 Å².